The van der Waals surface area contributed by atoms with E-state index < -0.39 is 0 Å². The third-order valence-electron chi connectivity index (χ3n) is 1.05. The van der Waals surface area contributed by atoms with Crippen molar-refractivity contribution in [3.8, 4) is 0 Å². The summed E-state index contributed by atoms with van der Waals surface area (Å²) in [5, 5.41) is 3.03. The number of hydrogen-bond donors (Lipinski definition) is 1. The molecule has 1 heteroatoms. The molecule has 0 radical (unpaired) electrons. The second-order valence-electron chi connectivity index (χ2n) is 1.69. The maximum atomic E-state index is 3.64. The van der Waals surface area contributed by atoms with Gasteiger partial charge in [0.25, 0.3) is 0 Å². The van der Waals surface area contributed by atoms with Crippen LogP contribution < -0.4 is 5.32 Å². The highest BCUT2D eigenvalue weighted by Crippen LogP contribution is 1.94. The van der Waals surface area contributed by atoms with Gasteiger partial charge in [0, 0.05) is 12.5 Å². The van der Waals surface area contributed by atoms with Gasteiger partial charge in [-0.1, -0.05) is 12.2 Å². The van der Waals surface area contributed by atoms with Crippen LogP contribution in [0, 0.1) is 5.92 Å². The van der Waals surface area contributed by atoms with Crippen LogP contribution >= 0.6 is 0 Å². The molecule has 0 rings (SSSR count). The molecule has 0 aliphatic heterocycles. The molecule has 0 saturated heterocycles. The summed E-state index contributed by atoms with van der Waals surface area (Å²) in [4.78, 5) is 0. The predicted molar refractivity (Wildman–Crippen MR) is 37.8 cm³/mol. The van der Waals surface area contributed by atoms with Crippen LogP contribution in [0.1, 0.15) is 0 Å². The molecular weight excluding hydrogens is 98.1 g/mol. The van der Waals surface area contributed by atoms with Gasteiger partial charge in [-0.2, -0.15) is 0 Å². The minimum absolute atomic E-state index is 0.417. The Balaban J connectivity index is 3.35. The summed E-state index contributed by atoms with van der Waals surface area (Å²) in [5.74, 6) is 0.417. The van der Waals surface area contributed by atoms with E-state index in [1.807, 2.05) is 19.2 Å². The van der Waals surface area contributed by atoms with Gasteiger partial charge in [0.1, 0.15) is 0 Å². The quantitative estimate of drug-likeness (QED) is 0.537. The molecular formula is C7H13N. The maximum Gasteiger partial charge on any atom is 0.00663 e. The van der Waals surface area contributed by atoms with Gasteiger partial charge in [-0.25, -0.2) is 0 Å². The van der Waals surface area contributed by atoms with Crippen molar-refractivity contribution in [2.24, 2.45) is 5.92 Å². The summed E-state index contributed by atoms with van der Waals surface area (Å²) in [6.45, 7) is 8.22. The highest BCUT2D eigenvalue weighted by Gasteiger charge is 1.91. The molecule has 0 aromatic heterocycles. The van der Waals surface area contributed by atoms with Crippen LogP contribution in [0.25, 0.3) is 0 Å². The van der Waals surface area contributed by atoms with E-state index in [1.165, 1.54) is 0 Å². The van der Waals surface area contributed by atoms with Gasteiger partial charge in [0.15, 0.2) is 0 Å². The second-order valence-corrected chi connectivity index (χ2v) is 1.69. The Hall–Kier alpha value is -0.560. The van der Waals surface area contributed by atoms with Gasteiger partial charge in [-0.05, 0) is 7.05 Å². The highest BCUT2D eigenvalue weighted by molar-refractivity contribution is 4.92. The van der Waals surface area contributed by atoms with Crippen molar-refractivity contribution >= 4 is 0 Å². The lowest BCUT2D eigenvalue weighted by Gasteiger charge is -2.02. The fourth-order valence-electron chi connectivity index (χ4n) is 0.499. The summed E-state index contributed by atoms with van der Waals surface area (Å²) in [5.41, 5.74) is 0. The van der Waals surface area contributed by atoms with Crippen molar-refractivity contribution in [1.82, 2.24) is 5.32 Å². The van der Waals surface area contributed by atoms with Gasteiger partial charge in [0.05, 0.1) is 0 Å². The van der Waals surface area contributed by atoms with Gasteiger partial charge >= 0.3 is 0 Å². The van der Waals surface area contributed by atoms with Crippen molar-refractivity contribution in [3.05, 3.63) is 25.3 Å². The summed E-state index contributed by atoms with van der Waals surface area (Å²) in [7, 11) is 1.92. The van der Waals surface area contributed by atoms with E-state index in [-0.39, 0.29) is 0 Å². The summed E-state index contributed by atoms with van der Waals surface area (Å²) in [6, 6.07) is 0. The highest BCUT2D eigenvalue weighted by atomic mass is 14.8. The monoisotopic (exact) mass is 111 g/mol. The van der Waals surface area contributed by atoms with E-state index in [0.29, 0.717) is 5.92 Å². The van der Waals surface area contributed by atoms with Crippen molar-refractivity contribution in [2.45, 2.75) is 0 Å². The Bertz CT molecular complexity index is 68.5. The normalized spacial score (nSPS) is 9.25. The Kier molecular flexibility index (Phi) is 4.27. The summed E-state index contributed by atoms with van der Waals surface area (Å²) in [6.07, 6.45) is 3.76. The van der Waals surface area contributed by atoms with Crippen LogP contribution in [0.3, 0.4) is 0 Å². The second kappa shape index (κ2) is 4.60. The van der Waals surface area contributed by atoms with Crippen LogP contribution in [0.2, 0.25) is 0 Å². The first-order valence-electron chi connectivity index (χ1n) is 2.74. The van der Waals surface area contributed by atoms with E-state index in [4.69, 9.17) is 0 Å². The Morgan fingerprint density at radius 1 is 1.50 bits per heavy atom. The predicted octanol–water partition coefficient (Wildman–Crippen LogP) is 1.19. The van der Waals surface area contributed by atoms with E-state index >= 15 is 0 Å². The van der Waals surface area contributed by atoms with E-state index in [2.05, 4.69) is 18.5 Å². The van der Waals surface area contributed by atoms with Crippen LogP contribution in [-0.2, 0) is 0 Å². The molecule has 0 fully saturated rings. The molecule has 0 aromatic carbocycles. The third kappa shape index (κ3) is 2.59. The third-order valence-corrected chi connectivity index (χ3v) is 1.05. The zero-order valence-electron chi connectivity index (χ0n) is 5.35. The first-order chi connectivity index (χ1) is 3.85. The number of nitrogens with one attached hydrogen (secondary N) is 1. The van der Waals surface area contributed by atoms with Crippen LogP contribution in [-0.4, -0.2) is 13.6 Å². The van der Waals surface area contributed by atoms with Gasteiger partial charge < -0.3 is 5.32 Å². The number of rotatable bonds is 4. The van der Waals surface area contributed by atoms with Gasteiger partial charge in [-0.3, -0.25) is 0 Å². The van der Waals surface area contributed by atoms with Crippen molar-refractivity contribution in [1.29, 1.82) is 0 Å². The van der Waals surface area contributed by atoms with Crippen LogP contribution in [0.5, 0.6) is 0 Å². The van der Waals surface area contributed by atoms with Gasteiger partial charge in [0.2, 0.25) is 0 Å². The smallest absolute Gasteiger partial charge is 0.00663 e. The SMILES string of the molecule is C=CC(C=C)CNC. The molecule has 0 aliphatic rings. The molecule has 0 aromatic rings. The molecule has 0 unspecified atom stereocenters. The van der Waals surface area contributed by atoms with Crippen molar-refractivity contribution in [2.75, 3.05) is 13.6 Å². The Morgan fingerprint density at radius 3 is 2.12 bits per heavy atom. The average Bonchev–Trinajstić information content (AvgIpc) is 1.83. The first-order valence-corrected chi connectivity index (χ1v) is 2.74. The molecule has 8 heavy (non-hydrogen) atoms. The lowest BCUT2D eigenvalue weighted by molar-refractivity contribution is 0.704. The molecule has 0 heterocycles. The molecule has 0 amide bonds. The molecule has 0 spiro atoms. The van der Waals surface area contributed by atoms with E-state index in [1.54, 1.807) is 0 Å². The topological polar surface area (TPSA) is 12.0 Å². The van der Waals surface area contributed by atoms with Crippen LogP contribution in [0.15, 0.2) is 25.3 Å². The van der Waals surface area contributed by atoms with E-state index in [9.17, 15) is 0 Å². The van der Waals surface area contributed by atoms with Crippen LogP contribution in [0.4, 0.5) is 0 Å². The minimum Gasteiger partial charge on any atom is -0.319 e. The standard InChI is InChI=1S/C7H13N/c1-4-7(5-2)6-8-3/h4-5,7-8H,1-2,6H2,3H3. The molecule has 0 aliphatic carbocycles. The fourth-order valence-corrected chi connectivity index (χ4v) is 0.499. The molecule has 1 N–H and O–H groups in total. The zero-order chi connectivity index (χ0) is 6.41. The Morgan fingerprint density at radius 2 is 2.00 bits per heavy atom. The lowest BCUT2D eigenvalue weighted by atomic mass is 10.1. The summed E-state index contributed by atoms with van der Waals surface area (Å²) >= 11 is 0. The lowest BCUT2D eigenvalue weighted by Crippen LogP contribution is -2.14. The number of hydrogen-bond acceptors (Lipinski definition) is 1. The average molecular weight is 111 g/mol. The van der Waals surface area contributed by atoms with Crippen molar-refractivity contribution in [3.63, 3.8) is 0 Å². The van der Waals surface area contributed by atoms with Crippen molar-refractivity contribution < 1.29 is 0 Å². The van der Waals surface area contributed by atoms with Gasteiger partial charge in [-0.15, -0.1) is 13.2 Å². The molecule has 0 bridgehead atoms. The summed E-state index contributed by atoms with van der Waals surface area (Å²) < 4.78 is 0. The molecule has 0 saturated carbocycles. The maximum absolute atomic E-state index is 3.64. The molecule has 46 valence electrons. The largest absolute Gasteiger partial charge is 0.319 e. The van der Waals surface area contributed by atoms with E-state index in [0.717, 1.165) is 6.54 Å². The molecule has 0 atom stereocenters. The first kappa shape index (κ1) is 7.44. The Labute approximate surface area is 51.1 Å². The molecule has 1 nitrogen and oxygen atoms in total. The minimum atomic E-state index is 0.417. The fraction of sp³-hybridized carbons (Fsp3) is 0.429. The zero-order valence-corrected chi connectivity index (χ0v) is 5.35.